The second-order valence-corrected chi connectivity index (χ2v) is 12.7. The van der Waals surface area contributed by atoms with Crippen molar-refractivity contribution < 1.29 is 5.11 Å². The predicted molar refractivity (Wildman–Crippen MR) is 124 cm³/mol. The van der Waals surface area contributed by atoms with E-state index in [9.17, 15) is 5.11 Å². The summed E-state index contributed by atoms with van der Waals surface area (Å²) in [6.45, 7) is 14.9. The number of rotatable bonds is 5. The first-order chi connectivity index (χ1) is 13.7. The normalized spacial score (nSPS) is 47.9. The van der Waals surface area contributed by atoms with Gasteiger partial charge >= 0.3 is 0 Å². The van der Waals surface area contributed by atoms with Crippen molar-refractivity contribution in [2.24, 2.45) is 52.3 Å². The van der Waals surface area contributed by atoms with Crippen LogP contribution in [0.25, 0.3) is 0 Å². The number of allylic oxidation sites excluding steroid dienone is 1. The number of hydrogen-bond donors (Lipinski definition) is 1. The van der Waals surface area contributed by atoms with Crippen LogP contribution in [-0.4, -0.2) is 11.2 Å². The highest BCUT2D eigenvalue weighted by Gasteiger charge is 2.59. The van der Waals surface area contributed by atoms with Gasteiger partial charge in [-0.3, -0.25) is 0 Å². The molecule has 0 amide bonds. The SMILES string of the molecule is CC(C)CCC[C@@H](C)[C@H]1CC[C@H]2[C@@H]3CC=C4C[C@H](O)C(C)C[C@]4(C)[C@H]3CC[C@]12C. The van der Waals surface area contributed by atoms with Gasteiger partial charge in [-0.25, -0.2) is 0 Å². The molecule has 0 aromatic carbocycles. The molecule has 0 aromatic heterocycles. The van der Waals surface area contributed by atoms with Crippen LogP contribution in [0, 0.1) is 52.3 Å². The summed E-state index contributed by atoms with van der Waals surface area (Å²) in [6.07, 6.45) is 16.1. The lowest BCUT2D eigenvalue weighted by molar-refractivity contribution is -0.0669. The van der Waals surface area contributed by atoms with Gasteiger partial charge in [0.25, 0.3) is 0 Å². The van der Waals surface area contributed by atoms with E-state index in [1.807, 2.05) is 0 Å². The van der Waals surface area contributed by atoms with E-state index >= 15 is 0 Å². The number of hydrogen-bond acceptors (Lipinski definition) is 1. The van der Waals surface area contributed by atoms with E-state index in [1.165, 1.54) is 57.8 Å². The fourth-order valence-electron chi connectivity index (χ4n) is 9.01. The van der Waals surface area contributed by atoms with Crippen LogP contribution in [0.4, 0.5) is 0 Å². The van der Waals surface area contributed by atoms with Gasteiger partial charge in [-0.05, 0) is 97.2 Å². The molecular formula is C28H48O. The van der Waals surface area contributed by atoms with Crippen molar-refractivity contribution in [3.63, 3.8) is 0 Å². The van der Waals surface area contributed by atoms with E-state index in [-0.39, 0.29) is 6.10 Å². The van der Waals surface area contributed by atoms with Gasteiger partial charge in [-0.1, -0.05) is 72.5 Å². The molecule has 1 N–H and O–H groups in total. The minimum Gasteiger partial charge on any atom is -0.393 e. The Hall–Kier alpha value is -0.300. The zero-order valence-electron chi connectivity index (χ0n) is 20.2. The summed E-state index contributed by atoms with van der Waals surface area (Å²) in [5, 5.41) is 10.5. The predicted octanol–water partition coefficient (Wildman–Crippen LogP) is 7.63. The summed E-state index contributed by atoms with van der Waals surface area (Å²) in [5.74, 6) is 5.87. The lowest BCUT2D eigenvalue weighted by Gasteiger charge is -2.59. The molecule has 4 aliphatic rings. The molecule has 3 saturated carbocycles. The van der Waals surface area contributed by atoms with Gasteiger partial charge in [-0.15, -0.1) is 0 Å². The molecule has 1 nitrogen and oxygen atoms in total. The molecular weight excluding hydrogens is 352 g/mol. The second-order valence-electron chi connectivity index (χ2n) is 12.7. The first-order valence-corrected chi connectivity index (χ1v) is 13.0. The van der Waals surface area contributed by atoms with Crippen LogP contribution in [0.2, 0.25) is 0 Å². The molecule has 1 heteroatoms. The Kier molecular flexibility index (Phi) is 6.04. The van der Waals surface area contributed by atoms with Crippen molar-refractivity contribution in [1.82, 2.24) is 0 Å². The highest BCUT2D eigenvalue weighted by atomic mass is 16.3. The van der Waals surface area contributed by atoms with Crippen LogP contribution < -0.4 is 0 Å². The maximum absolute atomic E-state index is 10.5. The molecule has 166 valence electrons. The number of aliphatic hydroxyl groups is 1. The van der Waals surface area contributed by atoms with Gasteiger partial charge < -0.3 is 5.11 Å². The molecule has 0 radical (unpaired) electrons. The summed E-state index contributed by atoms with van der Waals surface area (Å²) in [6, 6.07) is 0. The standard InChI is InChI=1S/C28H48O/c1-18(2)8-7-9-19(3)23-12-13-24-22-11-10-21-16-26(29)20(4)17-28(21,6)25(22)14-15-27(23,24)5/h10,18-20,22-26,29H,7-9,11-17H2,1-6H3/t19-,20?,22+,23-,24+,25+,26+,27-,28+/m1/s1. The van der Waals surface area contributed by atoms with Gasteiger partial charge in [0.1, 0.15) is 0 Å². The van der Waals surface area contributed by atoms with Crippen LogP contribution in [0.3, 0.4) is 0 Å². The quantitative estimate of drug-likeness (QED) is 0.470. The molecule has 1 unspecified atom stereocenters. The monoisotopic (exact) mass is 400 g/mol. The Bertz CT molecular complexity index is 620. The Morgan fingerprint density at radius 2 is 1.83 bits per heavy atom. The molecule has 0 aromatic rings. The van der Waals surface area contributed by atoms with Crippen molar-refractivity contribution in [3.8, 4) is 0 Å². The summed E-state index contributed by atoms with van der Waals surface area (Å²) in [7, 11) is 0. The van der Waals surface area contributed by atoms with Gasteiger partial charge in [0.2, 0.25) is 0 Å². The lowest BCUT2D eigenvalue weighted by atomic mass is 9.46. The Morgan fingerprint density at radius 3 is 2.55 bits per heavy atom. The van der Waals surface area contributed by atoms with E-state index in [0.29, 0.717) is 16.7 Å². The highest BCUT2D eigenvalue weighted by Crippen LogP contribution is 2.67. The first kappa shape index (κ1) is 21.9. The van der Waals surface area contributed by atoms with Crippen LogP contribution in [0.5, 0.6) is 0 Å². The Balaban J connectivity index is 1.50. The van der Waals surface area contributed by atoms with Gasteiger partial charge in [0.05, 0.1) is 6.10 Å². The van der Waals surface area contributed by atoms with E-state index < -0.39 is 0 Å². The van der Waals surface area contributed by atoms with E-state index in [2.05, 4.69) is 47.6 Å². The average molecular weight is 401 g/mol. The molecule has 3 fully saturated rings. The molecule has 4 rings (SSSR count). The zero-order valence-corrected chi connectivity index (χ0v) is 20.2. The van der Waals surface area contributed by atoms with Gasteiger partial charge in [0.15, 0.2) is 0 Å². The van der Waals surface area contributed by atoms with E-state index in [4.69, 9.17) is 0 Å². The van der Waals surface area contributed by atoms with Crippen LogP contribution in [0.1, 0.15) is 106 Å². The molecule has 0 saturated heterocycles. The zero-order chi connectivity index (χ0) is 21.0. The molecule has 0 heterocycles. The summed E-state index contributed by atoms with van der Waals surface area (Å²) in [4.78, 5) is 0. The third kappa shape index (κ3) is 3.66. The largest absolute Gasteiger partial charge is 0.393 e. The van der Waals surface area contributed by atoms with Crippen molar-refractivity contribution in [3.05, 3.63) is 11.6 Å². The van der Waals surface area contributed by atoms with Gasteiger partial charge in [-0.2, -0.15) is 0 Å². The third-order valence-electron chi connectivity index (χ3n) is 10.7. The highest BCUT2D eigenvalue weighted by molar-refractivity contribution is 5.26. The summed E-state index contributed by atoms with van der Waals surface area (Å²) >= 11 is 0. The van der Waals surface area contributed by atoms with Crippen LogP contribution >= 0.6 is 0 Å². The Labute approximate surface area is 181 Å². The number of aliphatic hydroxyl groups excluding tert-OH is 1. The smallest absolute Gasteiger partial charge is 0.0603 e. The topological polar surface area (TPSA) is 20.2 Å². The summed E-state index contributed by atoms with van der Waals surface area (Å²) < 4.78 is 0. The van der Waals surface area contributed by atoms with Crippen molar-refractivity contribution in [1.29, 1.82) is 0 Å². The summed E-state index contributed by atoms with van der Waals surface area (Å²) in [5.41, 5.74) is 2.56. The van der Waals surface area contributed by atoms with Crippen LogP contribution in [-0.2, 0) is 0 Å². The maximum Gasteiger partial charge on any atom is 0.0603 e. The molecule has 0 bridgehead atoms. The number of fused-ring (bicyclic) bond motifs is 5. The molecule has 0 spiro atoms. The van der Waals surface area contributed by atoms with Crippen molar-refractivity contribution in [2.75, 3.05) is 0 Å². The fourth-order valence-corrected chi connectivity index (χ4v) is 9.01. The molecule has 29 heavy (non-hydrogen) atoms. The van der Waals surface area contributed by atoms with E-state index in [0.717, 1.165) is 41.9 Å². The molecule has 0 aliphatic heterocycles. The minimum atomic E-state index is -0.109. The van der Waals surface area contributed by atoms with Crippen molar-refractivity contribution >= 4 is 0 Å². The fraction of sp³-hybridized carbons (Fsp3) is 0.929. The van der Waals surface area contributed by atoms with Crippen LogP contribution in [0.15, 0.2) is 11.6 Å². The molecule has 9 atom stereocenters. The van der Waals surface area contributed by atoms with Gasteiger partial charge in [0, 0.05) is 0 Å². The lowest BCUT2D eigenvalue weighted by Crippen LogP contribution is -2.52. The molecule has 4 aliphatic carbocycles. The second kappa shape index (κ2) is 7.99. The maximum atomic E-state index is 10.5. The third-order valence-corrected chi connectivity index (χ3v) is 10.7. The Morgan fingerprint density at radius 1 is 1.07 bits per heavy atom. The minimum absolute atomic E-state index is 0.109. The van der Waals surface area contributed by atoms with Crippen molar-refractivity contribution in [2.45, 2.75) is 112 Å². The average Bonchev–Trinajstić information content (AvgIpc) is 3.00. The van der Waals surface area contributed by atoms with E-state index in [1.54, 1.807) is 5.57 Å². The first-order valence-electron chi connectivity index (χ1n) is 13.0.